The van der Waals surface area contributed by atoms with Crippen molar-refractivity contribution in [2.45, 2.75) is 64.7 Å². The molecule has 1 fully saturated rings. The molecule has 0 radical (unpaired) electrons. The Hall–Kier alpha value is -1.59. The molecule has 3 rings (SSSR count). The number of allylic oxidation sites excluding steroid dienone is 1. The number of hydrogen-bond donors (Lipinski definition) is 0. The van der Waals surface area contributed by atoms with E-state index in [0.717, 1.165) is 30.4 Å². The maximum Gasteiger partial charge on any atom is 0.573 e. The standard InChI is InChI=1S/C20H23F5O/c1-2-3-12-4-6-13(7-5-12)14-8-9-16-15(10-14)11-17(21)19(18(16)22)26-20(23,24)25/h10-13H,2-9H2,1H3. The first kappa shape index (κ1) is 19.2. The maximum absolute atomic E-state index is 14.4. The molecule has 0 aliphatic heterocycles. The quantitative estimate of drug-likeness (QED) is 0.527. The topological polar surface area (TPSA) is 9.23 Å². The van der Waals surface area contributed by atoms with E-state index in [1.165, 1.54) is 25.7 Å². The predicted octanol–water partition coefficient (Wildman–Crippen LogP) is 6.80. The molecule has 0 aromatic heterocycles. The van der Waals surface area contributed by atoms with E-state index in [0.29, 0.717) is 17.9 Å². The highest BCUT2D eigenvalue weighted by atomic mass is 19.4. The van der Waals surface area contributed by atoms with Crippen LogP contribution in [0, 0.1) is 23.5 Å². The van der Waals surface area contributed by atoms with Crippen LogP contribution in [0.4, 0.5) is 22.0 Å². The molecule has 144 valence electrons. The van der Waals surface area contributed by atoms with E-state index in [9.17, 15) is 22.0 Å². The number of fused-ring (bicyclic) bond motifs is 1. The van der Waals surface area contributed by atoms with Crippen molar-refractivity contribution in [3.8, 4) is 5.75 Å². The van der Waals surface area contributed by atoms with Gasteiger partial charge < -0.3 is 4.74 Å². The third-order valence-corrected chi connectivity index (χ3v) is 5.60. The largest absolute Gasteiger partial charge is 0.573 e. The molecule has 1 saturated carbocycles. The zero-order chi connectivity index (χ0) is 18.9. The molecule has 0 heterocycles. The lowest BCUT2D eigenvalue weighted by Crippen LogP contribution is -2.21. The SMILES string of the molecule is CCCC1CCC(C2=Cc3cc(F)c(OC(F)(F)F)c(F)c3CC2)CC1. The first-order valence-electron chi connectivity index (χ1n) is 9.25. The van der Waals surface area contributed by atoms with Gasteiger partial charge in [-0.25, -0.2) is 8.78 Å². The zero-order valence-corrected chi connectivity index (χ0v) is 14.8. The Balaban J connectivity index is 1.80. The molecule has 2 aliphatic rings. The zero-order valence-electron chi connectivity index (χ0n) is 14.8. The number of ether oxygens (including phenoxy) is 1. The molecular formula is C20H23F5O. The molecule has 0 saturated heterocycles. The lowest BCUT2D eigenvalue weighted by Gasteiger charge is -2.32. The highest BCUT2D eigenvalue weighted by Gasteiger charge is 2.35. The smallest absolute Gasteiger partial charge is 0.399 e. The van der Waals surface area contributed by atoms with Crippen molar-refractivity contribution in [3.63, 3.8) is 0 Å². The molecule has 2 aliphatic carbocycles. The number of halogens is 5. The summed E-state index contributed by atoms with van der Waals surface area (Å²) in [5.74, 6) is -2.73. The fourth-order valence-corrected chi connectivity index (χ4v) is 4.34. The highest BCUT2D eigenvalue weighted by molar-refractivity contribution is 5.62. The van der Waals surface area contributed by atoms with Gasteiger partial charge in [-0.3, -0.25) is 0 Å². The van der Waals surface area contributed by atoms with E-state index in [4.69, 9.17) is 0 Å². The van der Waals surface area contributed by atoms with Crippen LogP contribution in [0.25, 0.3) is 6.08 Å². The summed E-state index contributed by atoms with van der Waals surface area (Å²) in [7, 11) is 0. The van der Waals surface area contributed by atoms with Gasteiger partial charge in [-0.05, 0) is 67.6 Å². The van der Waals surface area contributed by atoms with Crippen molar-refractivity contribution in [1.29, 1.82) is 0 Å². The van der Waals surface area contributed by atoms with Crippen LogP contribution in [0.3, 0.4) is 0 Å². The van der Waals surface area contributed by atoms with Crippen LogP contribution < -0.4 is 4.74 Å². The molecule has 1 aromatic carbocycles. The molecule has 0 spiro atoms. The highest BCUT2D eigenvalue weighted by Crippen LogP contribution is 2.41. The van der Waals surface area contributed by atoms with Crippen LogP contribution in [-0.2, 0) is 6.42 Å². The van der Waals surface area contributed by atoms with Gasteiger partial charge in [-0.15, -0.1) is 13.2 Å². The Morgan fingerprint density at radius 3 is 2.38 bits per heavy atom. The van der Waals surface area contributed by atoms with Crippen LogP contribution in [0.5, 0.6) is 5.75 Å². The molecular weight excluding hydrogens is 351 g/mol. The van der Waals surface area contributed by atoms with Crippen molar-refractivity contribution in [1.82, 2.24) is 0 Å². The number of hydrogen-bond acceptors (Lipinski definition) is 1. The molecule has 0 N–H and O–H groups in total. The second kappa shape index (κ2) is 7.57. The fourth-order valence-electron chi connectivity index (χ4n) is 4.34. The minimum absolute atomic E-state index is 0.106. The number of rotatable bonds is 4. The van der Waals surface area contributed by atoms with E-state index in [-0.39, 0.29) is 12.0 Å². The lowest BCUT2D eigenvalue weighted by molar-refractivity contribution is -0.276. The van der Waals surface area contributed by atoms with Gasteiger partial charge in [0.25, 0.3) is 0 Å². The van der Waals surface area contributed by atoms with Crippen molar-refractivity contribution in [2.24, 2.45) is 11.8 Å². The Morgan fingerprint density at radius 1 is 1.08 bits per heavy atom. The average molecular weight is 374 g/mol. The molecule has 0 unspecified atom stereocenters. The van der Waals surface area contributed by atoms with Crippen LogP contribution in [0.2, 0.25) is 0 Å². The van der Waals surface area contributed by atoms with Crippen molar-refractivity contribution >= 4 is 6.08 Å². The van der Waals surface area contributed by atoms with Crippen LogP contribution in [0.15, 0.2) is 11.6 Å². The van der Waals surface area contributed by atoms with Gasteiger partial charge in [0.1, 0.15) is 0 Å². The third kappa shape index (κ3) is 4.21. The maximum atomic E-state index is 14.4. The van der Waals surface area contributed by atoms with Crippen LogP contribution in [-0.4, -0.2) is 6.36 Å². The van der Waals surface area contributed by atoms with Gasteiger partial charge in [-0.2, -0.15) is 0 Å². The fraction of sp³-hybridized carbons (Fsp3) is 0.600. The van der Waals surface area contributed by atoms with Crippen molar-refractivity contribution in [3.05, 3.63) is 34.4 Å². The molecule has 6 heteroatoms. The van der Waals surface area contributed by atoms with Gasteiger partial charge >= 0.3 is 6.36 Å². The van der Waals surface area contributed by atoms with Crippen LogP contribution in [0.1, 0.15) is 63.0 Å². The molecule has 0 atom stereocenters. The third-order valence-electron chi connectivity index (χ3n) is 5.60. The van der Waals surface area contributed by atoms with Gasteiger partial charge in [0.15, 0.2) is 11.6 Å². The minimum atomic E-state index is -5.12. The minimum Gasteiger partial charge on any atom is -0.399 e. The summed E-state index contributed by atoms with van der Waals surface area (Å²) < 4.78 is 68.9. The lowest BCUT2D eigenvalue weighted by atomic mass is 9.74. The summed E-state index contributed by atoms with van der Waals surface area (Å²) in [4.78, 5) is 0. The summed E-state index contributed by atoms with van der Waals surface area (Å²) in [6.07, 6.45) is 4.45. The van der Waals surface area contributed by atoms with E-state index in [1.54, 1.807) is 6.08 Å². The first-order chi connectivity index (χ1) is 12.3. The second-order valence-electron chi connectivity index (χ2n) is 7.34. The van der Waals surface area contributed by atoms with E-state index >= 15 is 0 Å². The van der Waals surface area contributed by atoms with E-state index < -0.39 is 23.7 Å². The average Bonchev–Trinajstić information content (AvgIpc) is 2.58. The molecule has 1 aromatic rings. The van der Waals surface area contributed by atoms with Crippen molar-refractivity contribution in [2.75, 3.05) is 0 Å². The van der Waals surface area contributed by atoms with Crippen molar-refractivity contribution < 1.29 is 26.7 Å². The molecule has 1 nitrogen and oxygen atoms in total. The Labute approximate surface area is 150 Å². The van der Waals surface area contributed by atoms with Gasteiger partial charge in [0.05, 0.1) is 0 Å². The van der Waals surface area contributed by atoms with Gasteiger partial charge in [0.2, 0.25) is 5.75 Å². The summed E-state index contributed by atoms with van der Waals surface area (Å²) >= 11 is 0. The Morgan fingerprint density at radius 2 is 1.77 bits per heavy atom. The normalized spacial score (nSPS) is 23.4. The number of benzene rings is 1. The molecule has 0 bridgehead atoms. The second-order valence-corrected chi connectivity index (χ2v) is 7.34. The summed E-state index contributed by atoms with van der Waals surface area (Å²) in [5, 5.41) is 0. The predicted molar refractivity (Wildman–Crippen MR) is 89.7 cm³/mol. The van der Waals surface area contributed by atoms with Crippen LogP contribution >= 0.6 is 0 Å². The van der Waals surface area contributed by atoms with E-state index in [1.807, 2.05) is 0 Å². The van der Waals surface area contributed by atoms with E-state index in [2.05, 4.69) is 11.7 Å². The monoisotopic (exact) mass is 374 g/mol. The molecule has 0 amide bonds. The summed E-state index contributed by atoms with van der Waals surface area (Å²) in [6, 6.07) is 0.960. The van der Waals surface area contributed by atoms with Gasteiger partial charge in [-0.1, -0.05) is 31.4 Å². The Bertz CT molecular complexity index is 684. The summed E-state index contributed by atoms with van der Waals surface area (Å²) in [5.41, 5.74) is 1.61. The molecule has 26 heavy (non-hydrogen) atoms. The van der Waals surface area contributed by atoms with Gasteiger partial charge in [0, 0.05) is 0 Å². The number of alkyl halides is 3. The Kier molecular flexibility index (Phi) is 5.58. The first-order valence-corrected chi connectivity index (χ1v) is 9.25. The summed E-state index contributed by atoms with van der Waals surface area (Å²) in [6.45, 7) is 2.19.